The Morgan fingerprint density at radius 3 is 2.84 bits per heavy atom. The summed E-state index contributed by atoms with van der Waals surface area (Å²) in [6.45, 7) is 2.06. The number of aryl methyl sites for hydroxylation is 1. The molecule has 0 saturated heterocycles. The number of fused-ring (bicyclic) bond motifs is 1. The van der Waals surface area contributed by atoms with Crippen molar-refractivity contribution < 1.29 is 0 Å². The molecule has 0 bridgehead atoms. The van der Waals surface area contributed by atoms with Crippen LogP contribution in [0.25, 0.3) is 11.0 Å². The Labute approximate surface area is 113 Å². The molecule has 1 unspecified atom stereocenters. The molecule has 0 radical (unpaired) electrons. The highest BCUT2D eigenvalue weighted by molar-refractivity contribution is 5.77. The van der Waals surface area contributed by atoms with Crippen molar-refractivity contribution >= 4 is 11.0 Å². The predicted molar refractivity (Wildman–Crippen MR) is 76.0 cm³/mol. The quantitative estimate of drug-likeness (QED) is 0.833. The van der Waals surface area contributed by atoms with Crippen LogP contribution in [0.2, 0.25) is 0 Å². The van der Waals surface area contributed by atoms with Crippen LogP contribution in [0.1, 0.15) is 55.8 Å². The summed E-state index contributed by atoms with van der Waals surface area (Å²) < 4.78 is 2.22. The summed E-state index contributed by atoms with van der Waals surface area (Å²) in [5.41, 5.74) is 3.33. The zero-order chi connectivity index (χ0) is 13.4. The molecule has 1 aliphatic carbocycles. The number of benzene rings is 1. The molecule has 2 aromatic rings. The highest BCUT2D eigenvalue weighted by atomic mass is 15.1. The molecular weight excluding hydrogens is 234 g/mol. The van der Waals surface area contributed by atoms with E-state index in [0.29, 0.717) is 5.92 Å². The van der Waals surface area contributed by atoms with E-state index in [1.165, 1.54) is 25.1 Å². The SMILES string of the molecule is CCC(C#N)c1ccc2nc(C3CCC3)n(C)c2c1. The van der Waals surface area contributed by atoms with Crippen molar-refractivity contribution in [1.82, 2.24) is 9.55 Å². The fraction of sp³-hybridized carbons (Fsp3) is 0.500. The Morgan fingerprint density at radius 1 is 1.47 bits per heavy atom. The molecule has 1 aliphatic rings. The summed E-state index contributed by atoms with van der Waals surface area (Å²) in [7, 11) is 2.10. The van der Waals surface area contributed by atoms with Gasteiger partial charge >= 0.3 is 0 Å². The van der Waals surface area contributed by atoms with Crippen molar-refractivity contribution in [2.24, 2.45) is 7.05 Å². The predicted octanol–water partition coefficient (Wildman–Crippen LogP) is 3.86. The lowest BCUT2D eigenvalue weighted by atomic mass is 9.85. The first kappa shape index (κ1) is 12.2. The third kappa shape index (κ3) is 1.92. The van der Waals surface area contributed by atoms with Gasteiger partial charge in [-0.1, -0.05) is 19.4 Å². The minimum Gasteiger partial charge on any atom is -0.331 e. The molecule has 1 fully saturated rings. The lowest BCUT2D eigenvalue weighted by Crippen LogP contribution is -2.13. The van der Waals surface area contributed by atoms with E-state index >= 15 is 0 Å². The van der Waals surface area contributed by atoms with Crippen LogP contribution < -0.4 is 0 Å². The standard InChI is InChI=1S/C16H19N3/c1-3-11(10-17)13-7-8-14-15(9-13)19(2)16(18-14)12-5-4-6-12/h7-9,11-12H,3-6H2,1-2H3. The maximum Gasteiger partial charge on any atom is 0.112 e. The van der Waals surface area contributed by atoms with Crippen LogP contribution in [0.3, 0.4) is 0 Å². The van der Waals surface area contributed by atoms with E-state index < -0.39 is 0 Å². The Balaban J connectivity index is 2.07. The summed E-state index contributed by atoms with van der Waals surface area (Å²) in [6.07, 6.45) is 4.71. The second kappa shape index (κ2) is 4.70. The van der Waals surface area contributed by atoms with Crippen molar-refractivity contribution in [2.45, 2.75) is 44.4 Å². The van der Waals surface area contributed by atoms with Gasteiger partial charge in [0.2, 0.25) is 0 Å². The normalized spacial score (nSPS) is 17.1. The van der Waals surface area contributed by atoms with E-state index in [9.17, 15) is 5.26 Å². The molecule has 98 valence electrons. The van der Waals surface area contributed by atoms with Gasteiger partial charge < -0.3 is 4.57 Å². The summed E-state index contributed by atoms with van der Waals surface area (Å²) in [4.78, 5) is 4.77. The van der Waals surface area contributed by atoms with Crippen LogP contribution in [-0.4, -0.2) is 9.55 Å². The molecule has 1 aromatic carbocycles. The minimum absolute atomic E-state index is 0.00791. The first-order chi connectivity index (χ1) is 9.24. The Bertz CT molecular complexity index is 644. The summed E-state index contributed by atoms with van der Waals surface area (Å²) in [5, 5.41) is 9.19. The van der Waals surface area contributed by atoms with Gasteiger partial charge in [0.15, 0.2) is 0 Å². The Morgan fingerprint density at radius 2 is 2.26 bits per heavy atom. The number of imidazole rings is 1. The molecule has 3 rings (SSSR count). The second-order valence-corrected chi connectivity index (χ2v) is 5.49. The maximum atomic E-state index is 9.19. The second-order valence-electron chi connectivity index (χ2n) is 5.49. The highest BCUT2D eigenvalue weighted by Crippen LogP contribution is 2.37. The topological polar surface area (TPSA) is 41.6 Å². The molecule has 3 heteroatoms. The number of hydrogen-bond acceptors (Lipinski definition) is 2. The molecule has 1 atom stereocenters. The summed E-state index contributed by atoms with van der Waals surface area (Å²) in [6, 6.07) is 8.63. The van der Waals surface area contributed by atoms with Crippen LogP contribution in [-0.2, 0) is 7.05 Å². The third-order valence-corrected chi connectivity index (χ3v) is 4.38. The first-order valence-electron chi connectivity index (χ1n) is 7.10. The molecule has 1 heterocycles. The number of hydrogen-bond donors (Lipinski definition) is 0. The minimum atomic E-state index is -0.00791. The van der Waals surface area contributed by atoms with E-state index in [0.717, 1.165) is 23.0 Å². The zero-order valence-corrected chi connectivity index (χ0v) is 11.6. The largest absolute Gasteiger partial charge is 0.331 e. The molecule has 0 amide bonds. The van der Waals surface area contributed by atoms with Crippen molar-refractivity contribution in [1.29, 1.82) is 5.26 Å². The van der Waals surface area contributed by atoms with Crippen molar-refractivity contribution in [3.63, 3.8) is 0 Å². The van der Waals surface area contributed by atoms with Crippen LogP contribution in [0.4, 0.5) is 0 Å². The number of aromatic nitrogens is 2. The van der Waals surface area contributed by atoms with Crippen molar-refractivity contribution in [2.75, 3.05) is 0 Å². The van der Waals surface area contributed by atoms with Gasteiger partial charge in [-0.3, -0.25) is 0 Å². The average molecular weight is 253 g/mol. The molecule has 0 aliphatic heterocycles. The number of nitriles is 1. The van der Waals surface area contributed by atoms with E-state index in [1.807, 2.05) is 0 Å². The van der Waals surface area contributed by atoms with Gasteiger partial charge in [-0.15, -0.1) is 0 Å². The van der Waals surface area contributed by atoms with E-state index in [1.54, 1.807) is 0 Å². The van der Waals surface area contributed by atoms with Gasteiger partial charge in [0.25, 0.3) is 0 Å². The molecule has 1 saturated carbocycles. The van der Waals surface area contributed by atoms with E-state index in [4.69, 9.17) is 4.98 Å². The van der Waals surface area contributed by atoms with Gasteiger partial charge in [0, 0.05) is 13.0 Å². The molecule has 0 N–H and O–H groups in total. The van der Waals surface area contributed by atoms with Crippen molar-refractivity contribution in [3.05, 3.63) is 29.6 Å². The average Bonchev–Trinajstić information content (AvgIpc) is 2.67. The number of nitrogens with zero attached hydrogens (tertiary/aromatic N) is 3. The third-order valence-electron chi connectivity index (χ3n) is 4.38. The smallest absolute Gasteiger partial charge is 0.112 e. The van der Waals surface area contributed by atoms with Crippen LogP contribution in [0, 0.1) is 11.3 Å². The molecule has 1 aromatic heterocycles. The van der Waals surface area contributed by atoms with E-state index in [2.05, 4.69) is 42.8 Å². The maximum absolute atomic E-state index is 9.19. The van der Waals surface area contributed by atoms with Crippen LogP contribution in [0.15, 0.2) is 18.2 Å². The fourth-order valence-electron chi connectivity index (χ4n) is 2.88. The molecular formula is C16H19N3. The fourth-order valence-corrected chi connectivity index (χ4v) is 2.88. The summed E-state index contributed by atoms with van der Waals surface area (Å²) >= 11 is 0. The zero-order valence-electron chi connectivity index (χ0n) is 11.6. The Kier molecular flexibility index (Phi) is 3.02. The number of rotatable bonds is 3. The molecule has 19 heavy (non-hydrogen) atoms. The van der Waals surface area contributed by atoms with Crippen molar-refractivity contribution in [3.8, 4) is 6.07 Å². The van der Waals surface area contributed by atoms with Crippen LogP contribution >= 0.6 is 0 Å². The lowest BCUT2D eigenvalue weighted by Gasteiger charge is -2.24. The van der Waals surface area contributed by atoms with Gasteiger partial charge in [0.1, 0.15) is 5.82 Å². The monoisotopic (exact) mass is 253 g/mol. The first-order valence-corrected chi connectivity index (χ1v) is 7.10. The van der Waals surface area contributed by atoms with Gasteiger partial charge in [-0.2, -0.15) is 5.26 Å². The van der Waals surface area contributed by atoms with Crippen LogP contribution in [0.5, 0.6) is 0 Å². The lowest BCUT2D eigenvalue weighted by molar-refractivity contribution is 0.394. The van der Waals surface area contributed by atoms with Gasteiger partial charge in [-0.25, -0.2) is 4.98 Å². The summed E-state index contributed by atoms with van der Waals surface area (Å²) in [5.74, 6) is 1.84. The van der Waals surface area contributed by atoms with Gasteiger partial charge in [-0.05, 0) is 37.0 Å². The Hall–Kier alpha value is -1.82. The molecule has 0 spiro atoms. The highest BCUT2D eigenvalue weighted by Gasteiger charge is 2.24. The molecule has 3 nitrogen and oxygen atoms in total. The van der Waals surface area contributed by atoms with Gasteiger partial charge in [0.05, 0.1) is 23.0 Å². The van der Waals surface area contributed by atoms with E-state index in [-0.39, 0.29) is 5.92 Å².